The molecule has 1 aromatic carbocycles. The maximum Gasteiger partial charge on any atom is 0.273 e. The van der Waals surface area contributed by atoms with Gasteiger partial charge in [0.25, 0.3) is 5.91 Å². The maximum absolute atomic E-state index is 12.8. The lowest BCUT2D eigenvalue weighted by Crippen LogP contribution is -2.46. The van der Waals surface area contributed by atoms with Crippen molar-refractivity contribution in [3.05, 3.63) is 51.5 Å². The fraction of sp³-hybridized carbons (Fsp3) is 0.565. The molecule has 2 aliphatic heterocycles. The molecule has 0 atom stereocenters. The Morgan fingerprint density at radius 3 is 2.70 bits per heavy atom. The van der Waals surface area contributed by atoms with Gasteiger partial charge < -0.3 is 14.7 Å². The van der Waals surface area contributed by atoms with E-state index in [-0.39, 0.29) is 18.1 Å². The van der Waals surface area contributed by atoms with E-state index in [1.807, 2.05) is 17.2 Å². The van der Waals surface area contributed by atoms with E-state index in [0.717, 1.165) is 50.4 Å². The van der Waals surface area contributed by atoms with Gasteiger partial charge in [-0.25, -0.2) is 4.98 Å². The number of rotatable bonds is 5. The lowest BCUT2D eigenvalue weighted by molar-refractivity contribution is -0.0789. The maximum atomic E-state index is 12.8. The number of thiazole rings is 1. The quantitative estimate of drug-likeness (QED) is 0.792. The summed E-state index contributed by atoms with van der Waals surface area (Å²) in [6.45, 7) is 7.03. The molecule has 0 radical (unpaired) electrons. The molecule has 7 heteroatoms. The fourth-order valence-electron chi connectivity index (χ4n) is 4.51. The molecule has 0 saturated carbocycles. The molecule has 1 aromatic heterocycles. The van der Waals surface area contributed by atoms with Gasteiger partial charge in [0.05, 0.1) is 17.2 Å². The second kappa shape index (κ2) is 9.56. The molecule has 2 aliphatic rings. The van der Waals surface area contributed by atoms with Gasteiger partial charge in [-0.2, -0.15) is 0 Å². The van der Waals surface area contributed by atoms with Gasteiger partial charge in [0.15, 0.2) is 0 Å². The summed E-state index contributed by atoms with van der Waals surface area (Å²) in [6, 6.07) is 8.52. The summed E-state index contributed by atoms with van der Waals surface area (Å²) in [7, 11) is 0. The Morgan fingerprint density at radius 2 is 1.97 bits per heavy atom. The van der Waals surface area contributed by atoms with Crippen LogP contribution in [0.15, 0.2) is 29.6 Å². The van der Waals surface area contributed by atoms with Gasteiger partial charge in [-0.15, -0.1) is 11.3 Å². The van der Waals surface area contributed by atoms with Crippen LogP contribution in [0.25, 0.3) is 0 Å². The van der Waals surface area contributed by atoms with E-state index in [9.17, 15) is 4.79 Å². The molecule has 0 unspecified atom stereocenters. The average molecular weight is 430 g/mol. The summed E-state index contributed by atoms with van der Waals surface area (Å²) < 4.78 is 6.34. The van der Waals surface area contributed by atoms with Crippen LogP contribution < -0.4 is 0 Å². The van der Waals surface area contributed by atoms with Gasteiger partial charge in [0.1, 0.15) is 5.69 Å². The predicted molar refractivity (Wildman–Crippen MR) is 118 cm³/mol. The lowest BCUT2D eigenvalue weighted by atomic mass is 9.87. The Hall–Kier alpha value is -1.80. The van der Waals surface area contributed by atoms with Crippen LogP contribution in [-0.4, -0.2) is 70.8 Å². The van der Waals surface area contributed by atoms with E-state index in [0.29, 0.717) is 25.3 Å². The molecule has 6 nitrogen and oxygen atoms in total. The minimum Gasteiger partial charge on any atom is -0.396 e. The minimum atomic E-state index is -0.109. The second-order valence-electron chi connectivity index (χ2n) is 8.40. The van der Waals surface area contributed by atoms with Crippen LogP contribution in [0.5, 0.6) is 0 Å². The van der Waals surface area contributed by atoms with Crippen molar-refractivity contribution in [3.8, 4) is 0 Å². The first-order valence-electron chi connectivity index (χ1n) is 10.8. The van der Waals surface area contributed by atoms with Crippen molar-refractivity contribution in [2.45, 2.75) is 44.8 Å². The Kier molecular flexibility index (Phi) is 6.83. The predicted octanol–water partition coefficient (Wildman–Crippen LogP) is 2.88. The second-order valence-corrected chi connectivity index (χ2v) is 9.46. The zero-order valence-electron chi connectivity index (χ0n) is 17.7. The van der Waals surface area contributed by atoms with Crippen molar-refractivity contribution >= 4 is 17.2 Å². The fourth-order valence-corrected chi connectivity index (χ4v) is 5.09. The van der Waals surface area contributed by atoms with Crippen LogP contribution in [0, 0.1) is 6.92 Å². The topological polar surface area (TPSA) is 65.9 Å². The smallest absolute Gasteiger partial charge is 0.273 e. The number of likely N-dealkylation sites (tertiary alicyclic amines) is 1. The van der Waals surface area contributed by atoms with E-state index in [1.165, 1.54) is 22.5 Å². The molecule has 3 heterocycles. The van der Waals surface area contributed by atoms with Crippen LogP contribution in [0.2, 0.25) is 0 Å². The first kappa shape index (κ1) is 21.4. The van der Waals surface area contributed by atoms with Crippen molar-refractivity contribution in [2.75, 3.05) is 39.4 Å². The number of aromatic nitrogens is 1. The summed E-state index contributed by atoms with van der Waals surface area (Å²) in [5.74, 6) is 0.0280. The molecule has 1 N–H and O–H groups in total. The number of hydrogen-bond acceptors (Lipinski definition) is 6. The number of nitrogens with zero attached hydrogens (tertiary/aromatic N) is 3. The molecule has 2 fully saturated rings. The monoisotopic (exact) mass is 429 g/mol. The molecule has 1 amide bonds. The molecule has 0 bridgehead atoms. The van der Waals surface area contributed by atoms with Crippen LogP contribution in [0.3, 0.4) is 0 Å². The Labute approximate surface area is 182 Å². The number of benzene rings is 1. The normalized spacial score (nSPS) is 19.7. The number of aryl methyl sites for hydroxylation is 1. The SMILES string of the molecule is Cc1nc(C(=O)N2CCOC3(CCN(Cc4cccc(CCO)c4)CC3)CC2)cs1. The van der Waals surface area contributed by atoms with Gasteiger partial charge in [-0.05, 0) is 43.7 Å². The van der Waals surface area contributed by atoms with E-state index >= 15 is 0 Å². The van der Waals surface area contributed by atoms with Crippen molar-refractivity contribution in [2.24, 2.45) is 0 Å². The number of piperidine rings is 1. The van der Waals surface area contributed by atoms with E-state index < -0.39 is 0 Å². The largest absolute Gasteiger partial charge is 0.396 e. The van der Waals surface area contributed by atoms with Crippen molar-refractivity contribution in [1.29, 1.82) is 0 Å². The number of hydrogen-bond donors (Lipinski definition) is 1. The van der Waals surface area contributed by atoms with Crippen molar-refractivity contribution in [1.82, 2.24) is 14.8 Å². The molecule has 2 aromatic rings. The Balaban J connectivity index is 1.31. The number of aliphatic hydroxyl groups excluding tert-OH is 1. The standard InChI is InChI=1S/C23H31N3O3S/c1-18-24-21(17-30-18)22(28)26-11-8-23(29-14-12-26)6-9-25(10-7-23)16-20-4-2-3-19(15-20)5-13-27/h2-4,15,17,27H,5-14,16H2,1H3. The van der Waals surface area contributed by atoms with E-state index in [2.05, 4.69) is 34.1 Å². The average Bonchev–Trinajstić information content (AvgIpc) is 3.08. The van der Waals surface area contributed by atoms with E-state index in [1.54, 1.807) is 0 Å². The third kappa shape index (κ3) is 5.09. The van der Waals surface area contributed by atoms with E-state index in [4.69, 9.17) is 9.84 Å². The van der Waals surface area contributed by atoms with Crippen LogP contribution >= 0.6 is 11.3 Å². The van der Waals surface area contributed by atoms with Gasteiger partial charge in [0, 0.05) is 44.7 Å². The van der Waals surface area contributed by atoms with Crippen molar-refractivity contribution in [3.63, 3.8) is 0 Å². The zero-order valence-corrected chi connectivity index (χ0v) is 18.5. The first-order chi connectivity index (χ1) is 14.6. The highest BCUT2D eigenvalue weighted by Crippen LogP contribution is 2.32. The summed E-state index contributed by atoms with van der Waals surface area (Å²) in [5.41, 5.74) is 2.94. The third-order valence-electron chi connectivity index (χ3n) is 6.30. The van der Waals surface area contributed by atoms with Crippen molar-refractivity contribution < 1.29 is 14.6 Å². The molecule has 0 aliphatic carbocycles. The number of carbonyl (C=O) groups excluding carboxylic acids is 1. The molecule has 162 valence electrons. The Morgan fingerprint density at radius 1 is 1.20 bits per heavy atom. The van der Waals surface area contributed by atoms with Gasteiger partial charge in [-0.3, -0.25) is 9.69 Å². The highest BCUT2D eigenvalue weighted by atomic mass is 32.1. The highest BCUT2D eigenvalue weighted by Gasteiger charge is 2.38. The molecular weight excluding hydrogens is 398 g/mol. The van der Waals surface area contributed by atoms with Crippen LogP contribution in [0.1, 0.15) is 45.9 Å². The summed E-state index contributed by atoms with van der Waals surface area (Å²) in [6.07, 6.45) is 3.60. The first-order valence-corrected chi connectivity index (χ1v) is 11.7. The van der Waals surface area contributed by atoms with Crippen LogP contribution in [0.4, 0.5) is 0 Å². The highest BCUT2D eigenvalue weighted by molar-refractivity contribution is 7.09. The van der Waals surface area contributed by atoms with Gasteiger partial charge in [0.2, 0.25) is 0 Å². The third-order valence-corrected chi connectivity index (χ3v) is 7.07. The molecule has 4 rings (SSSR count). The number of amides is 1. The molecule has 1 spiro atoms. The number of carbonyl (C=O) groups is 1. The zero-order chi connectivity index (χ0) is 21.0. The lowest BCUT2D eigenvalue weighted by Gasteiger charge is -2.41. The summed E-state index contributed by atoms with van der Waals surface area (Å²) in [5, 5.41) is 11.9. The van der Waals surface area contributed by atoms with Crippen LogP contribution in [-0.2, 0) is 17.7 Å². The van der Waals surface area contributed by atoms with Gasteiger partial charge in [-0.1, -0.05) is 24.3 Å². The Bertz CT molecular complexity index is 861. The number of ether oxygens (including phenoxy) is 1. The minimum absolute atomic E-state index is 0.0280. The molecular formula is C23H31N3O3S. The molecule has 30 heavy (non-hydrogen) atoms. The van der Waals surface area contributed by atoms with Gasteiger partial charge >= 0.3 is 0 Å². The summed E-state index contributed by atoms with van der Waals surface area (Å²) >= 11 is 1.52. The molecule has 2 saturated heterocycles. The number of aliphatic hydroxyl groups is 1. The summed E-state index contributed by atoms with van der Waals surface area (Å²) in [4.78, 5) is 21.5.